The van der Waals surface area contributed by atoms with Gasteiger partial charge in [0.1, 0.15) is 0 Å². The van der Waals surface area contributed by atoms with Crippen molar-refractivity contribution < 1.29 is 9.84 Å². The van der Waals surface area contributed by atoms with E-state index in [0.29, 0.717) is 6.61 Å². The van der Waals surface area contributed by atoms with Gasteiger partial charge in [0.2, 0.25) is 0 Å². The lowest BCUT2D eigenvalue weighted by molar-refractivity contribution is 0.0146. The van der Waals surface area contributed by atoms with Gasteiger partial charge in [-0.1, -0.05) is 57.6 Å². The molecule has 1 atom stereocenters. The number of unbranched alkanes of at least 4 members (excludes halogenated alkanes) is 6. The van der Waals surface area contributed by atoms with Gasteiger partial charge in [0.05, 0.1) is 12.7 Å². The van der Waals surface area contributed by atoms with Crippen LogP contribution in [0, 0.1) is 6.92 Å². The molecule has 0 amide bonds. The number of hydrogen-bond donors (Lipinski definition) is 1. The number of piperazine rings is 1. The van der Waals surface area contributed by atoms with Crippen LogP contribution in [0.3, 0.4) is 0 Å². The van der Waals surface area contributed by atoms with Crippen LogP contribution in [0.25, 0.3) is 0 Å². The summed E-state index contributed by atoms with van der Waals surface area (Å²) in [7, 11) is 0. The zero-order chi connectivity index (χ0) is 19.3. The zero-order valence-corrected chi connectivity index (χ0v) is 17.5. The first-order chi connectivity index (χ1) is 13.2. The first-order valence-corrected chi connectivity index (χ1v) is 11.0. The van der Waals surface area contributed by atoms with E-state index in [-0.39, 0.29) is 6.10 Å². The van der Waals surface area contributed by atoms with E-state index in [1.54, 1.807) is 0 Å². The second-order valence-corrected chi connectivity index (χ2v) is 7.98. The molecular formula is C23H40N2O2. The van der Waals surface area contributed by atoms with E-state index in [0.717, 1.165) is 45.8 Å². The first-order valence-electron chi connectivity index (χ1n) is 11.0. The number of β-amino-alcohol motifs (C(OH)–C–C–N with tert-alkyl or cyclic N) is 1. The fraction of sp³-hybridized carbons (Fsp3) is 0.739. The zero-order valence-electron chi connectivity index (χ0n) is 17.5. The highest BCUT2D eigenvalue weighted by Gasteiger charge is 2.19. The Morgan fingerprint density at radius 2 is 1.70 bits per heavy atom. The number of anilines is 1. The van der Waals surface area contributed by atoms with Crippen LogP contribution in [0.4, 0.5) is 5.69 Å². The third kappa shape index (κ3) is 9.09. The Bertz CT molecular complexity index is 501. The molecule has 27 heavy (non-hydrogen) atoms. The molecule has 1 aliphatic heterocycles. The Morgan fingerprint density at radius 1 is 1.00 bits per heavy atom. The standard InChI is InChI=1S/C23H40N2O2/c1-3-4-5-6-7-8-9-17-27-20-23(26)19-24-13-15-25(16-14-24)22-12-10-11-21(2)18-22/h10-12,18,23,26H,3-9,13-17,19-20H2,1-2H3. The van der Waals surface area contributed by atoms with Crippen LogP contribution < -0.4 is 4.90 Å². The maximum atomic E-state index is 10.2. The predicted molar refractivity (Wildman–Crippen MR) is 115 cm³/mol. The molecule has 0 aromatic heterocycles. The quantitative estimate of drug-likeness (QED) is 0.522. The molecule has 1 heterocycles. The van der Waals surface area contributed by atoms with Crippen molar-refractivity contribution in [1.82, 2.24) is 4.90 Å². The molecule has 154 valence electrons. The molecule has 0 spiro atoms. The highest BCUT2D eigenvalue weighted by molar-refractivity contribution is 5.48. The number of aliphatic hydroxyl groups excluding tert-OH is 1. The molecule has 1 aromatic carbocycles. The SMILES string of the molecule is CCCCCCCCCOCC(O)CN1CCN(c2cccc(C)c2)CC1. The third-order valence-corrected chi connectivity index (χ3v) is 5.41. The summed E-state index contributed by atoms with van der Waals surface area (Å²) in [5.41, 5.74) is 2.62. The van der Waals surface area contributed by atoms with E-state index in [4.69, 9.17) is 4.74 Å². The molecule has 1 aromatic rings. The smallest absolute Gasteiger partial charge is 0.0900 e. The Hall–Kier alpha value is -1.10. The van der Waals surface area contributed by atoms with Gasteiger partial charge in [-0.3, -0.25) is 4.90 Å². The summed E-state index contributed by atoms with van der Waals surface area (Å²) in [6.07, 6.45) is 8.70. The minimum atomic E-state index is -0.375. The lowest BCUT2D eigenvalue weighted by atomic mass is 10.1. The summed E-state index contributed by atoms with van der Waals surface area (Å²) in [5, 5.41) is 10.2. The lowest BCUT2D eigenvalue weighted by Gasteiger charge is -2.37. The van der Waals surface area contributed by atoms with Gasteiger partial charge < -0.3 is 14.7 Å². The van der Waals surface area contributed by atoms with Crippen LogP contribution in [0.15, 0.2) is 24.3 Å². The highest BCUT2D eigenvalue weighted by Crippen LogP contribution is 2.17. The number of ether oxygens (including phenoxy) is 1. The topological polar surface area (TPSA) is 35.9 Å². The molecule has 1 N–H and O–H groups in total. The molecule has 0 saturated carbocycles. The van der Waals surface area contributed by atoms with Gasteiger partial charge in [-0.25, -0.2) is 0 Å². The number of aryl methyl sites for hydroxylation is 1. The van der Waals surface area contributed by atoms with Crippen LogP contribution in [0.5, 0.6) is 0 Å². The molecule has 4 heteroatoms. The number of aliphatic hydroxyl groups is 1. The van der Waals surface area contributed by atoms with Gasteiger partial charge in [0.15, 0.2) is 0 Å². The molecule has 0 bridgehead atoms. The van der Waals surface area contributed by atoms with E-state index in [1.807, 2.05) is 0 Å². The highest BCUT2D eigenvalue weighted by atomic mass is 16.5. The van der Waals surface area contributed by atoms with Crippen molar-refractivity contribution in [3.05, 3.63) is 29.8 Å². The van der Waals surface area contributed by atoms with Crippen molar-refractivity contribution in [3.8, 4) is 0 Å². The first kappa shape index (κ1) is 22.2. The summed E-state index contributed by atoms with van der Waals surface area (Å²) in [4.78, 5) is 4.79. The van der Waals surface area contributed by atoms with E-state index in [9.17, 15) is 5.11 Å². The van der Waals surface area contributed by atoms with Gasteiger partial charge in [0.25, 0.3) is 0 Å². The van der Waals surface area contributed by atoms with Gasteiger partial charge in [-0.2, -0.15) is 0 Å². The number of benzene rings is 1. The van der Waals surface area contributed by atoms with Crippen molar-refractivity contribution >= 4 is 5.69 Å². The Morgan fingerprint density at radius 3 is 2.41 bits per heavy atom. The molecule has 1 aliphatic rings. The van der Waals surface area contributed by atoms with E-state index in [1.165, 1.54) is 49.8 Å². The second kappa shape index (κ2) is 13.1. The van der Waals surface area contributed by atoms with E-state index >= 15 is 0 Å². The van der Waals surface area contributed by atoms with E-state index in [2.05, 4.69) is 47.9 Å². The van der Waals surface area contributed by atoms with Crippen LogP contribution in [-0.4, -0.2) is 62.0 Å². The molecular weight excluding hydrogens is 336 g/mol. The molecule has 2 rings (SSSR count). The second-order valence-electron chi connectivity index (χ2n) is 7.98. The van der Waals surface area contributed by atoms with Crippen LogP contribution >= 0.6 is 0 Å². The monoisotopic (exact) mass is 376 g/mol. The van der Waals surface area contributed by atoms with Crippen LogP contribution in [-0.2, 0) is 4.74 Å². The minimum absolute atomic E-state index is 0.375. The van der Waals surface area contributed by atoms with Crippen LogP contribution in [0.1, 0.15) is 57.4 Å². The largest absolute Gasteiger partial charge is 0.389 e. The molecule has 1 fully saturated rings. The number of rotatable bonds is 13. The average molecular weight is 377 g/mol. The summed E-state index contributed by atoms with van der Waals surface area (Å²) in [5.74, 6) is 0. The third-order valence-electron chi connectivity index (χ3n) is 5.41. The Balaban J connectivity index is 1.50. The maximum absolute atomic E-state index is 10.2. The summed E-state index contributed by atoms with van der Waals surface area (Å²) in [6.45, 7) is 10.4. The minimum Gasteiger partial charge on any atom is -0.389 e. The number of nitrogens with zero attached hydrogens (tertiary/aromatic N) is 2. The molecule has 1 saturated heterocycles. The van der Waals surface area contributed by atoms with Gasteiger partial charge >= 0.3 is 0 Å². The van der Waals surface area contributed by atoms with E-state index < -0.39 is 0 Å². The van der Waals surface area contributed by atoms with Crippen molar-refractivity contribution in [2.45, 2.75) is 64.9 Å². The van der Waals surface area contributed by atoms with Gasteiger partial charge in [-0.15, -0.1) is 0 Å². The summed E-state index contributed by atoms with van der Waals surface area (Å²) < 4.78 is 5.68. The van der Waals surface area contributed by atoms with Crippen molar-refractivity contribution in [2.24, 2.45) is 0 Å². The van der Waals surface area contributed by atoms with Crippen LogP contribution in [0.2, 0.25) is 0 Å². The average Bonchev–Trinajstić information content (AvgIpc) is 2.67. The fourth-order valence-corrected chi connectivity index (χ4v) is 3.74. The molecule has 1 unspecified atom stereocenters. The Kier molecular flexibility index (Phi) is 10.8. The number of hydrogen-bond acceptors (Lipinski definition) is 4. The predicted octanol–water partition coefficient (Wildman–Crippen LogP) is 4.25. The molecule has 0 aliphatic carbocycles. The fourth-order valence-electron chi connectivity index (χ4n) is 3.74. The lowest BCUT2D eigenvalue weighted by Crippen LogP contribution is -2.49. The summed E-state index contributed by atoms with van der Waals surface area (Å²) in [6, 6.07) is 8.71. The molecule has 4 nitrogen and oxygen atoms in total. The van der Waals surface area contributed by atoms with Crippen molar-refractivity contribution in [1.29, 1.82) is 0 Å². The van der Waals surface area contributed by atoms with Gasteiger partial charge in [0, 0.05) is 45.0 Å². The van der Waals surface area contributed by atoms with Crippen molar-refractivity contribution in [3.63, 3.8) is 0 Å². The molecule has 0 radical (unpaired) electrons. The normalized spacial score (nSPS) is 16.6. The summed E-state index contributed by atoms with van der Waals surface area (Å²) >= 11 is 0. The van der Waals surface area contributed by atoms with Crippen molar-refractivity contribution in [2.75, 3.05) is 50.8 Å². The van der Waals surface area contributed by atoms with Gasteiger partial charge in [-0.05, 0) is 31.0 Å². The Labute approximate surface area is 166 Å². The maximum Gasteiger partial charge on any atom is 0.0900 e.